The number of alkyl halides is 3. The molecule has 0 bridgehead atoms. The van der Waals surface area contributed by atoms with Crippen LogP contribution < -0.4 is 26.2 Å². The van der Waals surface area contributed by atoms with Gasteiger partial charge in [-0.2, -0.15) is 13.2 Å². The molecule has 1 saturated heterocycles. The number of nitrogens with zero attached hydrogens (tertiary/aromatic N) is 3. The van der Waals surface area contributed by atoms with Crippen molar-refractivity contribution in [2.24, 2.45) is 7.05 Å². The van der Waals surface area contributed by atoms with E-state index in [0.29, 0.717) is 31.4 Å². The maximum atomic E-state index is 13.4. The van der Waals surface area contributed by atoms with E-state index < -0.39 is 12.7 Å². The number of pyridine rings is 1. The molecule has 1 aliphatic rings. The Labute approximate surface area is 222 Å². The van der Waals surface area contributed by atoms with E-state index in [1.54, 1.807) is 23.4 Å². The second kappa shape index (κ2) is 13.0. The lowest BCUT2D eigenvalue weighted by molar-refractivity contribution is -0.146. The Morgan fingerprint density at radius 1 is 1.19 bits per heavy atom. The van der Waals surface area contributed by atoms with Gasteiger partial charge in [-0.25, -0.2) is 0 Å². The Balaban J connectivity index is 1.86. The monoisotopic (exact) mass is 536 g/mol. The lowest BCUT2D eigenvalue weighted by Gasteiger charge is -2.36. The third-order valence-electron chi connectivity index (χ3n) is 7.06. The van der Waals surface area contributed by atoms with E-state index in [4.69, 9.17) is 0 Å². The fourth-order valence-electron chi connectivity index (χ4n) is 4.84. The summed E-state index contributed by atoms with van der Waals surface area (Å²) < 4.78 is 40.1. The van der Waals surface area contributed by atoms with Crippen LogP contribution in [0.2, 0.25) is 0 Å². The SMILES string of the molecule is CC/C=c1/c(=O)n(C)c(N2CCN(CC(F)(F)F)CC2)c/c1=C(/C)[C@@H](C)NCCc1ccccc1SC. The first kappa shape index (κ1) is 29.3. The summed E-state index contributed by atoms with van der Waals surface area (Å²) in [6.45, 7) is 7.60. The summed E-state index contributed by atoms with van der Waals surface area (Å²) in [6, 6.07) is 10.5. The molecule has 0 amide bonds. The predicted octanol–water partition coefficient (Wildman–Crippen LogP) is 3.37. The van der Waals surface area contributed by atoms with Crippen molar-refractivity contribution in [3.8, 4) is 0 Å². The molecule has 1 aromatic heterocycles. The highest BCUT2D eigenvalue weighted by molar-refractivity contribution is 7.98. The largest absolute Gasteiger partial charge is 0.401 e. The number of aromatic nitrogens is 1. The van der Waals surface area contributed by atoms with Crippen molar-refractivity contribution >= 4 is 29.2 Å². The highest BCUT2D eigenvalue weighted by Gasteiger charge is 2.32. The molecule has 204 valence electrons. The van der Waals surface area contributed by atoms with Crippen LogP contribution in [-0.4, -0.2) is 67.2 Å². The molecule has 37 heavy (non-hydrogen) atoms. The van der Waals surface area contributed by atoms with Crippen LogP contribution in [0.15, 0.2) is 40.0 Å². The van der Waals surface area contributed by atoms with E-state index >= 15 is 0 Å². The molecular formula is C28H39F3N4OS. The van der Waals surface area contributed by atoms with Crippen molar-refractivity contribution in [1.29, 1.82) is 0 Å². The highest BCUT2D eigenvalue weighted by atomic mass is 32.2. The second-order valence-electron chi connectivity index (χ2n) is 9.61. The van der Waals surface area contributed by atoms with Crippen LogP contribution in [0.4, 0.5) is 19.0 Å². The standard InChI is InChI=1S/C28H39F3N4OS/c1-6-9-23-24(20(2)21(3)32-13-12-22-10-7-8-11-25(22)37-5)18-26(33(4)27(23)36)35-16-14-34(15-17-35)19-28(29,30)31/h7-11,18,21,32H,6,12-17,19H2,1-5H3/b23-9+,24-20+/t21-/m1/s1. The maximum Gasteiger partial charge on any atom is 0.401 e. The van der Waals surface area contributed by atoms with E-state index in [1.807, 2.05) is 24.0 Å². The van der Waals surface area contributed by atoms with Crippen LogP contribution in [-0.2, 0) is 13.5 Å². The molecule has 3 rings (SSSR count). The number of hydrogen-bond donors (Lipinski definition) is 1. The highest BCUT2D eigenvalue weighted by Crippen LogP contribution is 2.21. The number of anilines is 1. The van der Waals surface area contributed by atoms with Gasteiger partial charge in [0.2, 0.25) is 0 Å². The van der Waals surface area contributed by atoms with Gasteiger partial charge in [-0.1, -0.05) is 31.2 Å². The van der Waals surface area contributed by atoms with E-state index in [0.717, 1.165) is 36.0 Å². The Morgan fingerprint density at radius 2 is 1.86 bits per heavy atom. The van der Waals surface area contributed by atoms with Gasteiger partial charge in [-0.05, 0) is 68.0 Å². The van der Waals surface area contributed by atoms with Crippen molar-refractivity contribution in [2.45, 2.75) is 50.7 Å². The third kappa shape index (κ3) is 7.65. The molecule has 2 heterocycles. The van der Waals surface area contributed by atoms with E-state index in [-0.39, 0.29) is 11.6 Å². The molecule has 2 aromatic rings. The van der Waals surface area contributed by atoms with Crippen molar-refractivity contribution < 1.29 is 13.2 Å². The lowest BCUT2D eigenvalue weighted by atomic mass is 10.0. The number of hydrogen-bond acceptors (Lipinski definition) is 5. The third-order valence-corrected chi connectivity index (χ3v) is 7.90. The van der Waals surface area contributed by atoms with Gasteiger partial charge in [0.1, 0.15) is 5.82 Å². The maximum absolute atomic E-state index is 13.4. The van der Waals surface area contributed by atoms with Gasteiger partial charge in [0.05, 0.1) is 6.54 Å². The zero-order valence-corrected chi connectivity index (χ0v) is 23.3. The Kier molecular flexibility index (Phi) is 10.3. The molecular weight excluding hydrogens is 497 g/mol. The van der Waals surface area contributed by atoms with Crippen LogP contribution in [0.25, 0.3) is 11.6 Å². The molecule has 9 heteroatoms. The van der Waals surface area contributed by atoms with Crippen molar-refractivity contribution in [3.63, 3.8) is 0 Å². The van der Waals surface area contributed by atoms with E-state index in [9.17, 15) is 18.0 Å². The number of piperazine rings is 1. The zero-order valence-electron chi connectivity index (χ0n) is 22.5. The van der Waals surface area contributed by atoms with Crippen molar-refractivity contribution in [2.75, 3.05) is 50.4 Å². The first-order valence-electron chi connectivity index (χ1n) is 12.9. The Hall–Kier alpha value is -2.23. The molecule has 1 aromatic carbocycles. The lowest BCUT2D eigenvalue weighted by Crippen LogP contribution is -2.53. The van der Waals surface area contributed by atoms with E-state index in [1.165, 1.54) is 15.4 Å². The summed E-state index contributed by atoms with van der Waals surface area (Å²) in [5.41, 5.74) is 2.31. The van der Waals surface area contributed by atoms with Gasteiger partial charge in [-0.15, -0.1) is 11.8 Å². The molecule has 5 nitrogen and oxygen atoms in total. The molecule has 0 spiro atoms. The number of nitrogens with one attached hydrogen (secondary N) is 1. The molecule has 0 saturated carbocycles. The Bertz CT molecular complexity index is 1230. The zero-order chi connectivity index (χ0) is 27.2. The molecule has 0 unspecified atom stereocenters. The molecule has 1 aliphatic heterocycles. The quantitative estimate of drug-likeness (QED) is 0.498. The minimum absolute atomic E-state index is 0.0500. The number of benzene rings is 1. The summed E-state index contributed by atoms with van der Waals surface area (Å²) in [5.74, 6) is 0.750. The van der Waals surface area contributed by atoms with Gasteiger partial charge in [0.25, 0.3) is 5.56 Å². The van der Waals surface area contributed by atoms with Gasteiger partial charge >= 0.3 is 6.18 Å². The first-order chi connectivity index (χ1) is 17.6. The second-order valence-corrected chi connectivity index (χ2v) is 10.5. The van der Waals surface area contributed by atoms with Crippen molar-refractivity contribution in [3.05, 3.63) is 56.7 Å². The van der Waals surface area contributed by atoms with Crippen LogP contribution in [0.3, 0.4) is 0 Å². The van der Waals surface area contributed by atoms with Crippen LogP contribution in [0, 0.1) is 0 Å². The smallest absolute Gasteiger partial charge is 0.355 e. The molecule has 1 N–H and O–H groups in total. The average Bonchev–Trinajstić information content (AvgIpc) is 2.86. The molecule has 1 atom stereocenters. The fraction of sp³-hybridized carbons (Fsp3) is 0.536. The number of thioether (sulfide) groups is 1. The van der Waals surface area contributed by atoms with Crippen LogP contribution in [0.1, 0.15) is 32.8 Å². The molecule has 0 radical (unpaired) electrons. The van der Waals surface area contributed by atoms with Gasteiger partial charge in [0.15, 0.2) is 0 Å². The summed E-state index contributed by atoms with van der Waals surface area (Å²) >= 11 is 1.75. The topological polar surface area (TPSA) is 40.5 Å². The van der Waals surface area contributed by atoms with E-state index in [2.05, 4.69) is 49.7 Å². The normalized spacial score (nSPS) is 17.3. The van der Waals surface area contributed by atoms with Gasteiger partial charge in [0, 0.05) is 49.4 Å². The predicted molar refractivity (Wildman–Crippen MR) is 149 cm³/mol. The number of rotatable bonds is 9. The summed E-state index contributed by atoms with van der Waals surface area (Å²) in [6.07, 6.45) is 1.49. The molecule has 0 aliphatic carbocycles. The van der Waals surface area contributed by atoms with Crippen LogP contribution in [0.5, 0.6) is 0 Å². The number of halogens is 3. The average molecular weight is 537 g/mol. The summed E-state index contributed by atoms with van der Waals surface area (Å²) in [4.78, 5) is 18.1. The molecule has 1 fully saturated rings. The Morgan fingerprint density at radius 3 is 2.49 bits per heavy atom. The van der Waals surface area contributed by atoms with Crippen molar-refractivity contribution in [1.82, 2.24) is 14.8 Å². The summed E-state index contributed by atoms with van der Waals surface area (Å²) in [7, 11) is 1.75. The first-order valence-corrected chi connectivity index (χ1v) is 14.1. The van der Waals surface area contributed by atoms with Gasteiger partial charge in [-0.3, -0.25) is 14.3 Å². The summed E-state index contributed by atoms with van der Waals surface area (Å²) in [5, 5.41) is 5.20. The minimum Gasteiger partial charge on any atom is -0.355 e. The van der Waals surface area contributed by atoms with Gasteiger partial charge < -0.3 is 10.2 Å². The fourth-order valence-corrected chi connectivity index (χ4v) is 5.49. The minimum atomic E-state index is -4.20. The van der Waals surface area contributed by atoms with Crippen LogP contribution >= 0.6 is 11.8 Å².